The highest BCUT2D eigenvalue weighted by Crippen LogP contribution is 2.36. The molecule has 0 bridgehead atoms. The molecule has 0 aliphatic carbocycles. The van der Waals surface area contributed by atoms with Crippen LogP contribution in [-0.2, 0) is 4.79 Å². The van der Waals surface area contributed by atoms with E-state index in [0.29, 0.717) is 6.54 Å². The lowest BCUT2D eigenvalue weighted by atomic mass is 9.94. The third-order valence-corrected chi connectivity index (χ3v) is 4.79. The van der Waals surface area contributed by atoms with E-state index in [4.69, 9.17) is 5.73 Å². The molecule has 4 heteroatoms. The van der Waals surface area contributed by atoms with Gasteiger partial charge in [0.25, 0.3) is 0 Å². The second-order valence-corrected chi connectivity index (χ2v) is 6.46. The normalized spacial score (nSPS) is 19.9. The Labute approximate surface area is 119 Å². The lowest BCUT2D eigenvalue weighted by Crippen LogP contribution is -2.40. The van der Waals surface area contributed by atoms with Gasteiger partial charge in [-0.05, 0) is 24.0 Å². The molecule has 3 N–H and O–H groups in total. The second-order valence-electron chi connectivity index (χ2n) is 5.32. The Morgan fingerprint density at radius 2 is 2.21 bits per heavy atom. The van der Waals surface area contributed by atoms with Gasteiger partial charge in [0, 0.05) is 17.2 Å². The number of amides is 1. The van der Waals surface area contributed by atoms with Crippen molar-refractivity contribution in [1.82, 2.24) is 5.32 Å². The number of nitrogens with two attached hydrogens (primary N) is 1. The number of benzene rings is 1. The summed E-state index contributed by atoms with van der Waals surface area (Å²) in [5.41, 5.74) is 6.95. The Morgan fingerprint density at radius 3 is 2.89 bits per heavy atom. The van der Waals surface area contributed by atoms with E-state index in [2.05, 4.69) is 17.4 Å². The summed E-state index contributed by atoms with van der Waals surface area (Å²) in [4.78, 5) is 13.6. The summed E-state index contributed by atoms with van der Waals surface area (Å²) < 4.78 is 0. The average Bonchev–Trinajstić information content (AvgIpc) is 2.39. The van der Waals surface area contributed by atoms with Gasteiger partial charge in [0.2, 0.25) is 5.91 Å². The van der Waals surface area contributed by atoms with Crippen molar-refractivity contribution in [3.05, 3.63) is 29.8 Å². The molecule has 1 heterocycles. The van der Waals surface area contributed by atoms with Crippen LogP contribution in [0.4, 0.5) is 0 Å². The molecule has 1 aliphatic rings. The van der Waals surface area contributed by atoms with Crippen molar-refractivity contribution >= 4 is 17.7 Å². The van der Waals surface area contributed by atoms with E-state index in [1.807, 2.05) is 37.7 Å². The van der Waals surface area contributed by atoms with Crippen LogP contribution in [0.1, 0.15) is 31.9 Å². The molecule has 3 nitrogen and oxygen atoms in total. The van der Waals surface area contributed by atoms with Gasteiger partial charge in [0.1, 0.15) is 0 Å². The molecule has 19 heavy (non-hydrogen) atoms. The van der Waals surface area contributed by atoms with Gasteiger partial charge in [0.05, 0.1) is 12.0 Å². The number of hydrogen-bond donors (Lipinski definition) is 2. The highest BCUT2D eigenvalue weighted by molar-refractivity contribution is 7.99. The van der Waals surface area contributed by atoms with Crippen LogP contribution in [0.2, 0.25) is 0 Å². The van der Waals surface area contributed by atoms with Gasteiger partial charge < -0.3 is 11.1 Å². The molecule has 2 unspecified atom stereocenters. The van der Waals surface area contributed by atoms with E-state index in [0.717, 1.165) is 12.2 Å². The standard InChI is InChI=1S/C15H22N2OS/c1-10(2)12(9-16)15(18)17-13-7-8-19-14-6-4-3-5-11(13)14/h3-6,10,12-13H,7-9,16H2,1-2H3,(H,17,18). The predicted octanol–water partition coefficient (Wildman–Crippen LogP) is 2.57. The number of nitrogens with one attached hydrogen (secondary N) is 1. The first kappa shape index (κ1) is 14.4. The van der Waals surface area contributed by atoms with Gasteiger partial charge in [-0.3, -0.25) is 4.79 Å². The van der Waals surface area contributed by atoms with Crippen LogP contribution in [0, 0.1) is 11.8 Å². The van der Waals surface area contributed by atoms with E-state index >= 15 is 0 Å². The molecular formula is C15H22N2OS. The molecule has 0 aromatic heterocycles. The van der Waals surface area contributed by atoms with Crippen molar-refractivity contribution in [2.24, 2.45) is 17.6 Å². The minimum absolute atomic E-state index is 0.0872. The maximum Gasteiger partial charge on any atom is 0.225 e. The Morgan fingerprint density at radius 1 is 1.47 bits per heavy atom. The molecule has 1 aromatic carbocycles. The fourth-order valence-electron chi connectivity index (χ4n) is 2.45. The second kappa shape index (κ2) is 6.44. The van der Waals surface area contributed by atoms with Crippen LogP contribution in [0.3, 0.4) is 0 Å². The molecule has 0 saturated heterocycles. The molecule has 104 valence electrons. The molecule has 1 aliphatic heterocycles. The summed E-state index contributed by atoms with van der Waals surface area (Å²) in [5.74, 6) is 1.32. The van der Waals surface area contributed by atoms with Crippen molar-refractivity contribution in [3.8, 4) is 0 Å². The average molecular weight is 278 g/mol. The summed E-state index contributed by atoms with van der Waals surface area (Å²) in [6, 6.07) is 8.46. The molecule has 1 amide bonds. The fraction of sp³-hybridized carbons (Fsp3) is 0.533. The van der Waals surface area contributed by atoms with Gasteiger partial charge >= 0.3 is 0 Å². The van der Waals surface area contributed by atoms with Crippen molar-refractivity contribution in [1.29, 1.82) is 0 Å². The molecule has 2 atom stereocenters. The molecule has 0 fully saturated rings. The van der Waals surface area contributed by atoms with Crippen LogP contribution in [0.5, 0.6) is 0 Å². The number of hydrogen-bond acceptors (Lipinski definition) is 3. The first-order valence-corrected chi connectivity index (χ1v) is 7.84. The van der Waals surface area contributed by atoms with E-state index in [1.54, 1.807) is 0 Å². The fourth-order valence-corrected chi connectivity index (χ4v) is 3.58. The van der Waals surface area contributed by atoms with Gasteiger partial charge in [-0.2, -0.15) is 0 Å². The van der Waals surface area contributed by atoms with Crippen LogP contribution in [0.15, 0.2) is 29.2 Å². The largest absolute Gasteiger partial charge is 0.349 e. The summed E-state index contributed by atoms with van der Waals surface area (Å²) in [7, 11) is 0. The van der Waals surface area contributed by atoms with Gasteiger partial charge in [-0.25, -0.2) is 0 Å². The van der Waals surface area contributed by atoms with Gasteiger partial charge in [-0.1, -0.05) is 32.0 Å². The zero-order valence-corrected chi connectivity index (χ0v) is 12.4. The number of fused-ring (bicyclic) bond motifs is 1. The number of carbonyl (C=O) groups is 1. The van der Waals surface area contributed by atoms with Crippen LogP contribution in [-0.4, -0.2) is 18.2 Å². The Balaban J connectivity index is 2.10. The quantitative estimate of drug-likeness (QED) is 0.890. The maximum absolute atomic E-state index is 12.3. The lowest BCUT2D eigenvalue weighted by molar-refractivity contribution is -0.126. The smallest absolute Gasteiger partial charge is 0.225 e. The minimum atomic E-state index is -0.0956. The van der Waals surface area contributed by atoms with Crippen molar-refractivity contribution in [2.75, 3.05) is 12.3 Å². The van der Waals surface area contributed by atoms with Crippen molar-refractivity contribution in [3.63, 3.8) is 0 Å². The third-order valence-electron chi connectivity index (χ3n) is 3.67. The minimum Gasteiger partial charge on any atom is -0.349 e. The Bertz CT molecular complexity index is 448. The summed E-state index contributed by atoms with van der Waals surface area (Å²) in [6.07, 6.45) is 0.989. The number of thioether (sulfide) groups is 1. The molecule has 0 spiro atoms. The van der Waals surface area contributed by atoms with Gasteiger partial charge in [0.15, 0.2) is 0 Å². The van der Waals surface area contributed by atoms with Crippen molar-refractivity contribution in [2.45, 2.75) is 31.2 Å². The van der Waals surface area contributed by atoms with E-state index < -0.39 is 0 Å². The predicted molar refractivity (Wildman–Crippen MR) is 80.0 cm³/mol. The summed E-state index contributed by atoms with van der Waals surface area (Å²) in [6.45, 7) is 4.50. The van der Waals surface area contributed by atoms with Crippen LogP contribution >= 0.6 is 11.8 Å². The highest BCUT2D eigenvalue weighted by Gasteiger charge is 2.26. The molecule has 2 rings (SSSR count). The van der Waals surface area contributed by atoms with Crippen molar-refractivity contribution < 1.29 is 4.79 Å². The molecule has 1 aromatic rings. The topological polar surface area (TPSA) is 55.1 Å². The molecule has 0 radical (unpaired) electrons. The zero-order valence-electron chi connectivity index (χ0n) is 11.6. The summed E-state index contributed by atoms with van der Waals surface area (Å²) in [5, 5.41) is 3.18. The number of carbonyl (C=O) groups excluding carboxylic acids is 1. The molecular weight excluding hydrogens is 256 g/mol. The first-order chi connectivity index (χ1) is 9.13. The van der Waals surface area contributed by atoms with E-state index in [-0.39, 0.29) is 23.8 Å². The van der Waals surface area contributed by atoms with E-state index in [9.17, 15) is 4.79 Å². The monoisotopic (exact) mass is 278 g/mol. The van der Waals surface area contributed by atoms with Gasteiger partial charge in [-0.15, -0.1) is 11.8 Å². The molecule has 0 saturated carbocycles. The Kier molecular flexibility index (Phi) is 4.88. The summed E-state index contributed by atoms with van der Waals surface area (Å²) >= 11 is 1.86. The maximum atomic E-state index is 12.3. The lowest BCUT2D eigenvalue weighted by Gasteiger charge is -2.28. The number of rotatable bonds is 4. The zero-order chi connectivity index (χ0) is 13.8. The van der Waals surface area contributed by atoms with E-state index in [1.165, 1.54) is 10.5 Å². The van der Waals surface area contributed by atoms with Crippen LogP contribution < -0.4 is 11.1 Å². The first-order valence-electron chi connectivity index (χ1n) is 6.85. The third kappa shape index (κ3) is 3.31. The SMILES string of the molecule is CC(C)C(CN)C(=O)NC1CCSc2ccccc21. The Hall–Kier alpha value is -1.00. The van der Waals surface area contributed by atoms with Crippen LogP contribution in [0.25, 0.3) is 0 Å². The highest BCUT2D eigenvalue weighted by atomic mass is 32.2.